The highest BCUT2D eigenvalue weighted by Crippen LogP contribution is 2.24. The number of nitrogens with zero attached hydrogens (tertiary/aromatic N) is 7. The predicted octanol–water partition coefficient (Wildman–Crippen LogP) is 0.249. The van der Waals surface area contributed by atoms with Crippen molar-refractivity contribution in [2.45, 2.75) is 31.7 Å². The number of likely N-dealkylation sites (tertiary alicyclic amines) is 1. The number of carbonyl (C=O) groups is 1. The van der Waals surface area contributed by atoms with Gasteiger partial charge < -0.3 is 14.9 Å². The zero-order valence-electron chi connectivity index (χ0n) is 16.5. The van der Waals surface area contributed by atoms with E-state index in [0.717, 1.165) is 55.7 Å². The maximum absolute atomic E-state index is 12.8. The molecule has 0 saturated carbocycles. The summed E-state index contributed by atoms with van der Waals surface area (Å²) in [6.45, 7) is 4.52. The van der Waals surface area contributed by atoms with Crippen molar-refractivity contribution < 1.29 is 9.90 Å². The first kappa shape index (κ1) is 19.1. The standard InChI is InChI=1S/C19H29N7O2/c1-23-18-16(12-22-23)19(21-14-20-18)25-9-7-24(8-10-25)17(28)13-26-6-3-2-4-15(26)5-11-27/h12,14-15,27H,2-11,13H2,1H3. The Bertz CT molecular complexity index is 814. The predicted molar refractivity (Wildman–Crippen MR) is 106 cm³/mol. The topological polar surface area (TPSA) is 90.6 Å². The molecule has 0 aliphatic carbocycles. The Morgan fingerprint density at radius 3 is 2.79 bits per heavy atom. The van der Waals surface area contributed by atoms with Gasteiger partial charge in [0, 0.05) is 45.9 Å². The number of fused-ring (bicyclic) bond motifs is 1. The first-order valence-electron chi connectivity index (χ1n) is 10.2. The van der Waals surface area contributed by atoms with E-state index in [1.807, 2.05) is 11.9 Å². The molecule has 1 amide bonds. The molecule has 2 aliphatic rings. The summed E-state index contributed by atoms with van der Waals surface area (Å²) in [7, 11) is 1.88. The number of aliphatic hydroxyl groups is 1. The molecule has 0 radical (unpaired) electrons. The van der Waals surface area contributed by atoms with E-state index < -0.39 is 0 Å². The monoisotopic (exact) mass is 387 g/mol. The van der Waals surface area contributed by atoms with Gasteiger partial charge in [-0.25, -0.2) is 9.97 Å². The Labute approximate surface area is 164 Å². The average molecular weight is 387 g/mol. The summed E-state index contributed by atoms with van der Waals surface area (Å²) in [5.74, 6) is 1.09. The Morgan fingerprint density at radius 2 is 2.00 bits per heavy atom. The smallest absolute Gasteiger partial charge is 0.236 e. The van der Waals surface area contributed by atoms with E-state index in [9.17, 15) is 9.90 Å². The van der Waals surface area contributed by atoms with Crippen molar-refractivity contribution in [3.63, 3.8) is 0 Å². The van der Waals surface area contributed by atoms with E-state index in [1.165, 1.54) is 6.42 Å². The summed E-state index contributed by atoms with van der Waals surface area (Å²) in [5.41, 5.74) is 0.823. The molecule has 1 atom stereocenters. The van der Waals surface area contributed by atoms with Crippen LogP contribution < -0.4 is 4.90 Å². The van der Waals surface area contributed by atoms with Gasteiger partial charge in [-0.3, -0.25) is 14.4 Å². The molecular weight excluding hydrogens is 358 g/mol. The number of hydrogen-bond donors (Lipinski definition) is 1. The van der Waals surface area contributed by atoms with E-state index in [-0.39, 0.29) is 12.5 Å². The molecule has 1 N–H and O–H groups in total. The Kier molecular flexibility index (Phi) is 5.72. The molecule has 0 spiro atoms. The summed E-state index contributed by atoms with van der Waals surface area (Å²) < 4.78 is 1.75. The molecule has 2 fully saturated rings. The molecule has 2 aliphatic heterocycles. The molecule has 4 heterocycles. The molecule has 9 nitrogen and oxygen atoms in total. The van der Waals surface area contributed by atoms with Crippen molar-refractivity contribution in [3.8, 4) is 0 Å². The lowest BCUT2D eigenvalue weighted by Crippen LogP contribution is -2.53. The van der Waals surface area contributed by atoms with Crippen LogP contribution in [0.15, 0.2) is 12.5 Å². The quantitative estimate of drug-likeness (QED) is 0.786. The summed E-state index contributed by atoms with van der Waals surface area (Å²) in [6, 6.07) is 0.337. The molecule has 2 aromatic heterocycles. The number of rotatable bonds is 5. The molecule has 0 aromatic carbocycles. The first-order chi connectivity index (χ1) is 13.7. The third-order valence-corrected chi connectivity index (χ3v) is 5.99. The second-order valence-electron chi connectivity index (χ2n) is 7.70. The number of aromatic nitrogens is 4. The number of amides is 1. The lowest BCUT2D eigenvalue weighted by Gasteiger charge is -2.39. The summed E-state index contributed by atoms with van der Waals surface area (Å²) in [5, 5.41) is 14.5. The van der Waals surface area contributed by atoms with E-state index in [0.29, 0.717) is 25.7 Å². The fourth-order valence-electron chi connectivity index (χ4n) is 4.39. The Balaban J connectivity index is 1.36. The summed E-state index contributed by atoms with van der Waals surface area (Å²) >= 11 is 0. The van der Waals surface area contributed by atoms with Gasteiger partial charge >= 0.3 is 0 Å². The van der Waals surface area contributed by atoms with E-state index in [2.05, 4.69) is 24.9 Å². The minimum Gasteiger partial charge on any atom is -0.396 e. The van der Waals surface area contributed by atoms with Crippen LogP contribution in [-0.4, -0.2) is 92.5 Å². The molecule has 152 valence electrons. The zero-order valence-corrected chi connectivity index (χ0v) is 16.5. The molecule has 1 unspecified atom stereocenters. The van der Waals surface area contributed by atoms with Gasteiger partial charge in [-0.05, 0) is 25.8 Å². The second-order valence-corrected chi connectivity index (χ2v) is 7.70. The summed E-state index contributed by atoms with van der Waals surface area (Å²) in [4.78, 5) is 28.0. The normalized spacial score (nSPS) is 21.4. The highest BCUT2D eigenvalue weighted by molar-refractivity contribution is 5.87. The third kappa shape index (κ3) is 3.81. The number of piperidine rings is 1. The minimum absolute atomic E-state index is 0.190. The lowest BCUT2D eigenvalue weighted by molar-refractivity contribution is -0.133. The number of aliphatic hydroxyl groups excluding tert-OH is 1. The number of piperazine rings is 1. The Hall–Kier alpha value is -2.26. The van der Waals surface area contributed by atoms with Gasteiger partial charge in [0.05, 0.1) is 18.1 Å². The fourth-order valence-corrected chi connectivity index (χ4v) is 4.39. The number of anilines is 1. The van der Waals surface area contributed by atoms with Crippen molar-refractivity contribution in [1.29, 1.82) is 0 Å². The van der Waals surface area contributed by atoms with Crippen molar-refractivity contribution in [1.82, 2.24) is 29.5 Å². The molecule has 0 bridgehead atoms. The Morgan fingerprint density at radius 1 is 1.18 bits per heavy atom. The van der Waals surface area contributed by atoms with Gasteiger partial charge in [-0.2, -0.15) is 5.10 Å². The van der Waals surface area contributed by atoms with Gasteiger partial charge in [0.1, 0.15) is 12.1 Å². The van der Waals surface area contributed by atoms with Crippen LogP contribution in [0.4, 0.5) is 5.82 Å². The van der Waals surface area contributed by atoms with Crippen molar-refractivity contribution >= 4 is 22.8 Å². The zero-order chi connectivity index (χ0) is 19.5. The molecule has 4 rings (SSSR count). The maximum Gasteiger partial charge on any atom is 0.236 e. The molecular formula is C19H29N7O2. The van der Waals surface area contributed by atoms with Crippen LogP contribution in [0.2, 0.25) is 0 Å². The van der Waals surface area contributed by atoms with Crippen LogP contribution >= 0.6 is 0 Å². The van der Waals surface area contributed by atoms with E-state index in [4.69, 9.17) is 0 Å². The highest BCUT2D eigenvalue weighted by atomic mass is 16.3. The lowest BCUT2D eigenvalue weighted by atomic mass is 9.99. The number of hydrogen-bond acceptors (Lipinski definition) is 7. The fraction of sp³-hybridized carbons (Fsp3) is 0.684. The SMILES string of the molecule is Cn1ncc2c(N3CCN(C(=O)CN4CCCCC4CCO)CC3)ncnc21. The van der Waals surface area contributed by atoms with Crippen LogP contribution in [0.1, 0.15) is 25.7 Å². The number of carbonyl (C=O) groups excluding carboxylic acids is 1. The van der Waals surface area contributed by atoms with Crippen LogP contribution in [0.25, 0.3) is 11.0 Å². The second kappa shape index (κ2) is 8.40. The molecule has 28 heavy (non-hydrogen) atoms. The maximum atomic E-state index is 12.8. The average Bonchev–Trinajstić information content (AvgIpc) is 3.11. The van der Waals surface area contributed by atoms with Crippen LogP contribution in [0, 0.1) is 0 Å². The van der Waals surface area contributed by atoms with Gasteiger partial charge in [-0.15, -0.1) is 0 Å². The van der Waals surface area contributed by atoms with Crippen LogP contribution in [0.3, 0.4) is 0 Å². The van der Waals surface area contributed by atoms with Gasteiger partial charge in [0.25, 0.3) is 0 Å². The molecule has 2 aromatic rings. The first-order valence-corrected chi connectivity index (χ1v) is 10.2. The highest BCUT2D eigenvalue weighted by Gasteiger charge is 2.28. The minimum atomic E-state index is 0.190. The van der Waals surface area contributed by atoms with Crippen LogP contribution in [0.5, 0.6) is 0 Å². The molecule has 9 heteroatoms. The molecule has 2 saturated heterocycles. The van der Waals surface area contributed by atoms with Crippen molar-refractivity contribution in [2.75, 3.05) is 50.8 Å². The van der Waals surface area contributed by atoms with Crippen LogP contribution in [-0.2, 0) is 11.8 Å². The van der Waals surface area contributed by atoms with E-state index in [1.54, 1.807) is 17.2 Å². The summed E-state index contributed by atoms with van der Waals surface area (Å²) in [6.07, 6.45) is 7.55. The van der Waals surface area contributed by atoms with Crippen molar-refractivity contribution in [3.05, 3.63) is 12.5 Å². The number of aryl methyl sites for hydroxylation is 1. The van der Waals surface area contributed by atoms with Gasteiger partial charge in [-0.1, -0.05) is 6.42 Å². The largest absolute Gasteiger partial charge is 0.396 e. The van der Waals surface area contributed by atoms with Crippen molar-refractivity contribution in [2.24, 2.45) is 7.05 Å². The third-order valence-electron chi connectivity index (χ3n) is 5.99. The van der Waals surface area contributed by atoms with E-state index >= 15 is 0 Å². The van der Waals surface area contributed by atoms with Gasteiger partial charge in [0.2, 0.25) is 5.91 Å². The van der Waals surface area contributed by atoms with Gasteiger partial charge in [0.15, 0.2) is 5.65 Å².